The van der Waals surface area contributed by atoms with E-state index in [-0.39, 0.29) is 25.5 Å². The molecule has 2 nitrogen and oxygen atoms in total. The number of alkyl halides is 2. The van der Waals surface area contributed by atoms with Crippen molar-refractivity contribution in [2.24, 2.45) is 0 Å². The highest BCUT2D eigenvalue weighted by molar-refractivity contribution is 4.68. The molecule has 0 saturated carbocycles. The van der Waals surface area contributed by atoms with Crippen molar-refractivity contribution < 1.29 is 13.5 Å². The number of halogens is 2. The average molecular weight is 209 g/mol. The Hall–Kier alpha value is -0.220. The fraction of sp³-hybridized carbons (Fsp3) is 1.00. The van der Waals surface area contributed by atoms with Gasteiger partial charge in [-0.05, 0) is 6.92 Å². The van der Waals surface area contributed by atoms with E-state index in [0.717, 1.165) is 0 Å². The summed E-state index contributed by atoms with van der Waals surface area (Å²) >= 11 is 0. The molecule has 4 heteroatoms. The molecule has 0 radical (unpaired) electrons. The number of hydrogen-bond donors (Lipinski definition) is 1. The Morgan fingerprint density at radius 2 is 1.93 bits per heavy atom. The van der Waals surface area contributed by atoms with Gasteiger partial charge in [0.05, 0.1) is 6.61 Å². The van der Waals surface area contributed by atoms with E-state index in [4.69, 9.17) is 4.74 Å². The van der Waals surface area contributed by atoms with Crippen molar-refractivity contribution in [3.63, 3.8) is 0 Å². The normalized spacial score (nSPS) is 12.4. The molecule has 0 aliphatic rings. The highest BCUT2D eigenvalue weighted by Crippen LogP contribution is 2.22. The second-order valence-electron chi connectivity index (χ2n) is 3.66. The first kappa shape index (κ1) is 13.8. The predicted molar refractivity (Wildman–Crippen MR) is 53.8 cm³/mol. The van der Waals surface area contributed by atoms with Gasteiger partial charge in [-0.2, -0.15) is 0 Å². The molecule has 86 valence electrons. The molecule has 0 unspecified atom stereocenters. The summed E-state index contributed by atoms with van der Waals surface area (Å²) in [4.78, 5) is 0. The summed E-state index contributed by atoms with van der Waals surface area (Å²) in [5.74, 6) is -2.60. The van der Waals surface area contributed by atoms with E-state index in [2.05, 4.69) is 5.32 Å². The SMILES string of the molecule is CCOCCC(F)(F)CCNC(C)C. The van der Waals surface area contributed by atoms with Crippen LogP contribution < -0.4 is 5.32 Å². The van der Waals surface area contributed by atoms with Crippen molar-refractivity contribution in [3.8, 4) is 0 Å². The third-order valence-corrected chi connectivity index (χ3v) is 1.86. The van der Waals surface area contributed by atoms with Gasteiger partial charge in [-0.1, -0.05) is 13.8 Å². The Balaban J connectivity index is 3.50. The molecule has 0 aliphatic heterocycles. The molecule has 0 rings (SSSR count). The second kappa shape index (κ2) is 7.12. The van der Waals surface area contributed by atoms with Crippen LogP contribution in [0, 0.1) is 0 Å². The zero-order valence-corrected chi connectivity index (χ0v) is 9.28. The smallest absolute Gasteiger partial charge is 0.251 e. The van der Waals surface area contributed by atoms with Crippen LogP contribution in [0.25, 0.3) is 0 Å². The van der Waals surface area contributed by atoms with Crippen LogP contribution >= 0.6 is 0 Å². The van der Waals surface area contributed by atoms with Crippen molar-refractivity contribution in [1.82, 2.24) is 5.32 Å². The van der Waals surface area contributed by atoms with Crippen LogP contribution in [0.3, 0.4) is 0 Å². The van der Waals surface area contributed by atoms with Gasteiger partial charge < -0.3 is 10.1 Å². The third-order valence-electron chi connectivity index (χ3n) is 1.86. The van der Waals surface area contributed by atoms with Gasteiger partial charge in [0.1, 0.15) is 0 Å². The van der Waals surface area contributed by atoms with Crippen LogP contribution in [-0.4, -0.2) is 31.7 Å². The molecule has 0 aromatic carbocycles. The second-order valence-corrected chi connectivity index (χ2v) is 3.66. The molecule has 0 bridgehead atoms. The van der Waals surface area contributed by atoms with Gasteiger partial charge >= 0.3 is 0 Å². The molecule has 1 N–H and O–H groups in total. The Morgan fingerprint density at radius 1 is 1.29 bits per heavy atom. The fourth-order valence-electron chi connectivity index (χ4n) is 1.03. The maximum Gasteiger partial charge on any atom is 0.251 e. The van der Waals surface area contributed by atoms with Crippen LogP contribution in [0.5, 0.6) is 0 Å². The van der Waals surface area contributed by atoms with Crippen LogP contribution in [0.2, 0.25) is 0 Å². The van der Waals surface area contributed by atoms with E-state index in [1.54, 1.807) is 6.92 Å². The van der Waals surface area contributed by atoms with Crippen LogP contribution in [0.1, 0.15) is 33.6 Å². The standard InChI is InChI=1S/C10H21F2NO/c1-4-14-8-6-10(11,12)5-7-13-9(2)3/h9,13H,4-8H2,1-3H3. The van der Waals surface area contributed by atoms with Gasteiger partial charge in [0, 0.05) is 32.0 Å². The number of ether oxygens (including phenoxy) is 1. The molecule has 0 fully saturated rings. The first-order valence-corrected chi connectivity index (χ1v) is 5.17. The fourth-order valence-corrected chi connectivity index (χ4v) is 1.03. The lowest BCUT2D eigenvalue weighted by Crippen LogP contribution is -2.30. The van der Waals surface area contributed by atoms with E-state index in [1.165, 1.54) is 0 Å². The zero-order chi connectivity index (χ0) is 11.0. The molecule has 0 aromatic heterocycles. The van der Waals surface area contributed by atoms with Gasteiger partial charge in [0.25, 0.3) is 5.92 Å². The van der Waals surface area contributed by atoms with Gasteiger partial charge in [-0.15, -0.1) is 0 Å². The third kappa shape index (κ3) is 8.38. The molecule has 0 aliphatic carbocycles. The van der Waals surface area contributed by atoms with Gasteiger partial charge in [0.2, 0.25) is 0 Å². The molecule has 0 atom stereocenters. The minimum Gasteiger partial charge on any atom is -0.382 e. The van der Waals surface area contributed by atoms with Crippen molar-refractivity contribution in [2.75, 3.05) is 19.8 Å². The summed E-state index contributed by atoms with van der Waals surface area (Å²) in [6, 6.07) is 0.262. The summed E-state index contributed by atoms with van der Waals surface area (Å²) in [7, 11) is 0. The van der Waals surface area contributed by atoms with Gasteiger partial charge in [-0.3, -0.25) is 0 Å². The molecule has 0 amide bonds. The molecule has 0 aromatic rings. The Bertz CT molecular complexity index is 140. The number of hydrogen-bond acceptors (Lipinski definition) is 2. The van der Waals surface area contributed by atoms with Crippen molar-refractivity contribution in [2.45, 2.75) is 45.6 Å². The maximum absolute atomic E-state index is 13.1. The number of nitrogens with one attached hydrogen (secondary N) is 1. The molecule has 14 heavy (non-hydrogen) atoms. The summed E-state index contributed by atoms with van der Waals surface area (Å²) in [6.07, 6.45) is -0.293. The summed E-state index contributed by atoms with van der Waals surface area (Å²) < 4.78 is 31.1. The molecular formula is C10H21F2NO. The minimum atomic E-state index is -2.60. The first-order valence-electron chi connectivity index (χ1n) is 5.17. The van der Waals surface area contributed by atoms with E-state index < -0.39 is 5.92 Å². The first-order chi connectivity index (χ1) is 6.48. The largest absolute Gasteiger partial charge is 0.382 e. The van der Waals surface area contributed by atoms with Crippen LogP contribution in [0.4, 0.5) is 8.78 Å². The Labute approximate surface area is 85.0 Å². The van der Waals surface area contributed by atoms with Crippen molar-refractivity contribution >= 4 is 0 Å². The predicted octanol–water partition coefficient (Wildman–Crippen LogP) is 2.44. The molecule has 0 saturated heterocycles. The van der Waals surface area contributed by atoms with Crippen LogP contribution in [-0.2, 0) is 4.74 Å². The summed E-state index contributed by atoms with van der Waals surface area (Å²) in [6.45, 7) is 6.69. The van der Waals surface area contributed by atoms with Crippen molar-refractivity contribution in [3.05, 3.63) is 0 Å². The van der Waals surface area contributed by atoms with Crippen LogP contribution in [0.15, 0.2) is 0 Å². The van der Waals surface area contributed by atoms with E-state index in [1.807, 2.05) is 13.8 Å². The number of rotatable bonds is 8. The quantitative estimate of drug-likeness (QED) is 0.620. The molecule has 0 spiro atoms. The highest BCUT2D eigenvalue weighted by atomic mass is 19.3. The lowest BCUT2D eigenvalue weighted by molar-refractivity contribution is -0.0381. The molecule has 0 heterocycles. The van der Waals surface area contributed by atoms with E-state index >= 15 is 0 Å². The molecular weight excluding hydrogens is 188 g/mol. The Morgan fingerprint density at radius 3 is 2.43 bits per heavy atom. The summed E-state index contributed by atoms with van der Waals surface area (Å²) in [5.41, 5.74) is 0. The lowest BCUT2D eigenvalue weighted by Gasteiger charge is -2.17. The topological polar surface area (TPSA) is 21.3 Å². The van der Waals surface area contributed by atoms with Gasteiger partial charge in [-0.25, -0.2) is 8.78 Å². The minimum absolute atomic E-state index is 0.113. The van der Waals surface area contributed by atoms with Crippen molar-refractivity contribution in [1.29, 1.82) is 0 Å². The Kier molecular flexibility index (Phi) is 7.01. The lowest BCUT2D eigenvalue weighted by atomic mass is 10.1. The average Bonchev–Trinajstić information content (AvgIpc) is 2.03. The van der Waals surface area contributed by atoms with E-state index in [9.17, 15) is 8.78 Å². The highest BCUT2D eigenvalue weighted by Gasteiger charge is 2.27. The summed E-state index contributed by atoms with van der Waals surface area (Å²) in [5, 5.41) is 2.97. The van der Waals surface area contributed by atoms with Gasteiger partial charge in [0.15, 0.2) is 0 Å². The maximum atomic E-state index is 13.1. The van der Waals surface area contributed by atoms with E-state index in [0.29, 0.717) is 13.2 Å². The zero-order valence-electron chi connectivity index (χ0n) is 9.28. The monoisotopic (exact) mass is 209 g/mol.